The van der Waals surface area contributed by atoms with Crippen LogP contribution in [0.15, 0.2) is 97.0 Å². The Labute approximate surface area is 246 Å². The van der Waals surface area contributed by atoms with Gasteiger partial charge in [-0.15, -0.1) is 0 Å². The highest BCUT2D eigenvalue weighted by Crippen LogP contribution is 2.51. The Balaban J connectivity index is 1.34. The minimum Gasteiger partial charge on any atom is -0.294 e. The number of carbonyl (C=O) groups excluding carboxylic acids is 2. The topological polar surface area (TPSA) is 63.2 Å². The van der Waals surface area contributed by atoms with E-state index in [0.717, 1.165) is 44.7 Å². The maximum atomic E-state index is 13.5. The Morgan fingerprint density at radius 2 is 1.43 bits per heavy atom. The van der Waals surface area contributed by atoms with Crippen LogP contribution >= 0.6 is 0 Å². The van der Waals surface area contributed by atoms with Gasteiger partial charge in [-0.2, -0.15) is 0 Å². The highest BCUT2D eigenvalue weighted by molar-refractivity contribution is 6.88. The fourth-order valence-electron chi connectivity index (χ4n) is 6.19. The predicted octanol–water partition coefficient (Wildman–Crippen LogP) is 7.75. The zero-order valence-corrected chi connectivity index (χ0v) is 25.4. The zero-order chi connectivity index (χ0) is 29.4. The van der Waals surface area contributed by atoms with Crippen molar-refractivity contribution in [3.8, 4) is 0 Å². The summed E-state index contributed by atoms with van der Waals surface area (Å²) >= 11 is 0. The van der Waals surface area contributed by atoms with Gasteiger partial charge in [-0.1, -0.05) is 69.9 Å². The van der Waals surface area contributed by atoms with Crippen molar-refractivity contribution in [1.82, 2.24) is 9.97 Å². The van der Waals surface area contributed by atoms with Crippen LogP contribution in [0.25, 0.3) is 16.8 Å². The Morgan fingerprint density at radius 3 is 2.05 bits per heavy atom. The van der Waals surface area contributed by atoms with Crippen LogP contribution in [-0.2, 0) is 5.41 Å². The summed E-state index contributed by atoms with van der Waals surface area (Å²) in [5.74, 6) is 0.400. The minimum absolute atomic E-state index is 0.205. The van der Waals surface area contributed by atoms with Crippen molar-refractivity contribution in [2.24, 2.45) is 0 Å². The first-order chi connectivity index (χ1) is 20.0. The van der Waals surface area contributed by atoms with E-state index in [-0.39, 0.29) is 22.6 Å². The van der Waals surface area contributed by atoms with Crippen LogP contribution in [0.3, 0.4) is 0 Å². The van der Waals surface area contributed by atoms with E-state index in [1.54, 1.807) is 6.08 Å². The molecule has 0 fully saturated rings. The number of pyridine rings is 2. The number of rotatable bonds is 3. The van der Waals surface area contributed by atoms with Crippen LogP contribution in [0.2, 0.25) is 19.6 Å². The normalized spacial score (nSPS) is 15.5. The lowest BCUT2D eigenvalue weighted by Gasteiger charge is -2.41. The lowest BCUT2D eigenvalue weighted by atomic mass is 9.74. The number of benzene rings is 3. The molecule has 6 heteroatoms. The number of hydrogen-bond donors (Lipinski definition) is 0. The maximum Gasteiger partial charge on any atom is 0.197 e. The first kappa shape index (κ1) is 26.2. The molecule has 0 amide bonds. The molecule has 0 saturated heterocycles. The van der Waals surface area contributed by atoms with Gasteiger partial charge in [-0.05, 0) is 69.6 Å². The van der Waals surface area contributed by atoms with Crippen molar-refractivity contribution in [2.75, 3.05) is 4.90 Å². The summed E-state index contributed by atoms with van der Waals surface area (Å²) < 4.78 is 0. The molecule has 1 aliphatic carbocycles. The van der Waals surface area contributed by atoms with E-state index in [9.17, 15) is 9.59 Å². The smallest absolute Gasteiger partial charge is 0.197 e. The second-order valence-corrected chi connectivity index (χ2v) is 17.8. The molecule has 7 rings (SSSR count). The average Bonchev–Trinajstić information content (AvgIpc) is 3.20. The monoisotopic (exact) mass is 565 g/mol. The predicted molar refractivity (Wildman–Crippen MR) is 172 cm³/mol. The number of allylic oxidation sites excluding steroid dienone is 1. The molecule has 0 bridgehead atoms. The number of carbonyl (C=O) groups is 2. The number of aromatic nitrogens is 2. The number of Topliss-reactive ketones (excluding diaryl/α,β-unsaturated/α-hetero) is 2. The van der Waals surface area contributed by atoms with E-state index < -0.39 is 8.07 Å². The molecule has 1 aliphatic heterocycles. The lowest BCUT2D eigenvalue weighted by Crippen LogP contribution is -2.38. The second kappa shape index (κ2) is 9.16. The summed E-state index contributed by atoms with van der Waals surface area (Å²) in [5, 5.41) is 3.21. The minimum atomic E-state index is -1.50. The third-order valence-corrected chi connectivity index (χ3v) is 10.7. The Bertz CT molecular complexity index is 1930. The molecule has 0 N–H and O–H groups in total. The van der Waals surface area contributed by atoms with E-state index in [0.29, 0.717) is 11.1 Å². The van der Waals surface area contributed by atoms with Crippen molar-refractivity contribution < 1.29 is 9.59 Å². The molecular formula is C36H31N3O2Si. The third-order valence-electron chi connectivity index (χ3n) is 8.67. The van der Waals surface area contributed by atoms with Crippen molar-refractivity contribution in [3.63, 3.8) is 0 Å². The fraction of sp³-hybridized carbons (Fsp3) is 0.167. The zero-order valence-electron chi connectivity index (χ0n) is 24.4. The van der Waals surface area contributed by atoms with Gasteiger partial charge in [0.05, 0.1) is 25.0 Å². The molecule has 3 aromatic carbocycles. The number of fused-ring (bicyclic) bond motifs is 4. The summed E-state index contributed by atoms with van der Waals surface area (Å²) in [6.45, 7) is 11.3. The number of hydrogen-bond acceptors (Lipinski definition) is 5. The van der Waals surface area contributed by atoms with Gasteiger partial charge in [0.1, 0.15) is 5.82 Å². The Kier molecular flexibility index (Phi) is 5.72. The van der Waals surface area contributed by atoms with Crippen molar-refractivity contribution in [3.05, 3.63) is 125 Å². The van der Waals surface area contributed by atoms with Gasteiger partial charge in [0, 0.05) is 40.7 Å². The third kappa shape index (κ3) is 3.97. The molecule has 2 aliphatic rings. The largest absolute Gasteiger partial charge is 0.294 e. The van der Waals surface area contributed by atoms with Crippen molar-refractivity contribution >= 4 is 58.9 Å². The second-order valence-electron chi connectivity index (χ2n) is 12.7. The molecular weight excluding hydrogens is 535 g/mol. The highest BCUT2D eigenvalue weighted by atomic mass is 28.3. The number of ketones is 2. The van der Waals surface area contributed by atoms with Gasteiger partial charge in [-0.3, -0.25) is 19.5 Å². The van der Waals surface area contributed by atoms with Crippen LogP contribution < -0.4 is 10.1 Å². The van der Waals surface area contributed by atoms with Crippen LogP contribution in [-0.4, -0.2) is 29.6 Å². The van der Waals surface area contributed by atoms with Crippen molar-refractivity contribution in [1.29, 1.82) is 0 Å². The molecule has 206 valence electrons. The lowest BCUT2D eigenvalue weighted by molar-refractivity contribution is 0.0990. The van der Waals surface area contributed by atoms with Gasteiger partial charge < -0.3 is 0 Å². The van der Waals surface area contributed by atoms with Crippen LogP contribution in [0, 0.1) is 0 Å². The van der Waals surface area contributed by atoms with Gasteiger partial charge in [0.25, 0.3) is 0 Å². The first-order valence-corrected chi connectivity index (χ1v) is 17.7. The maximum absolute atomic E-state index is 13.5. The molecule has 0 saturated carbocycles. The molecule has 0 radical (unpaired) electrons. The summed E-state index contributed by atoms with van der Waals surface area (Å²) in [6, 6.07) is 24.0. The molecule has 0 spiro atoms. The summed E-state index contributed by atoms with van der Waals surface area (Å²) in [5.41, 5.74) is 5.83. The van der Waals surface area contributed by atoms with Crippen LogP contribution in [0.4, 0.5) is 17.2 Å². The number of anilines is 3. The molecule has 42 heavy (non-hydrogen) atoms. The molecule has 3 heterocycles. The van der Waals surface area contributed by atoms with Gasteiger partial charge in [-0.25, -0.2) is 4.98 Å². The summed E-state index contributed by atoms with van der Waals surface area (Å²) in [7, 11) is -1.50. The molecule has 5 aromatic rings. The van der Waals surface area contributed by atoms with Gasteiger partial charge in [0.2, 0.25) is 0 Å². The van der Waals surface area contributed by atoms with Crippen molar-refractivity contribution in [2.45, 2.75) is 38.9 Å². The number of nitrogens with zero attached hydrogens (tertiary/aromatic N) is 3. The van der Waals surface area contributed by atoms with Gasteiger partial charge >= 0.3 is 0 Å². The van der Waals surface area contributed by atoms with E-state index in [1.165, 1.54) is 5.19 Å². The van der Waals surface area contributed by atoms with Crippen LogP contribution in [0.5, 0.6) is 0 Å². The van der Waals surface area contributed by atoms with E-state index in [2.05, 4.69) is 67.6 Å². The van der Waals surface area contributed by atoms with Crippen LogP contribution in [0.1, 0.15) is 51.3 Å². The quantitative estimate of drug-likeness (QED) is 0.127. The molecule has 5 nitrogen and oxygen atoms in total. The average molecular weight is 566 g/mol. The van der Waals surface area contributed by atoms with E-state index in [4.69, 9.17) is 4.98 Å². The summed E-state index contributed by atoms with van der Waals surface area (Å²) in [6.07, 6.45) is 7.51. The first-order valence-electron chi connectivity index (χ1n) is 14.2. The summed E-state index contributed by atoms with van der Waals surface area (Å²) in [4.78, 5) is 38.5. The fourth-order valence-corrected chi connectivity index (χ4v) is 7.23. The SMILES string of the molecule is CC1(C)c2cnccc2N(c2ccc([Si](C)(C)C)cn2)c2ccc(C=C3C(=O)c4cc5ccccc5cc4C3=O)cc21. The Hall–Kier alpha value is -4.68. The van der Waals surface area contributed by atoms with Gasteiger partial charge in [0.15, 0.2) is 11.6 Å². The standard InChI is InChI=1S/C36H31N3O2Si/c1-36(2)29-17-22(16-28-34(40)26-18-23-8-6-7-9-24(23)19-27(26)35(28)41)10-12-31(29)39(32-14-15-37-21-30(32)36)33-13-11-25(20-38-33)42(3,4)5/h6-21H,1-5H3. The highest BCUT2D eigenvalue weighted by Gasteiger charge is 2.38. The molecule has 2 aromatic heterocycles. The molecule has 0 unspecified atom stereocenters. The Morgan fingerprint density at radius 1 is 0.762 bits per heavy atom. The van der Waals surface area contributed by atoms with E-state index in [1.807, 2.05) is 67.1 Å². The van der Waals surface area contributed by atoms with E-state index >= 15 is 0 Å². The molecule has 0 atom stereocenters.